The van der Waals surface area contributed by atoms with Crippen LogP contribution in [0.15, 0.2) is 52.2 Å². The van der Waals surface area contributed by atoms with Crippen molar-refractivity contribution in [1.29, 1.82) is 0 Å². The Bertz CT molecular complexity index is 879. The average molecular weight is 254 g/mol. The highest BCUT2D eigenvalue weighted by Crippen LogP contribution is 2.00. The second kappa shape index (κ2) is 4.16. The zero-order chi connectivity index (χ0) is 13.4. The molecule has 0 aliphatic heterocycles. The molecule has 6 nitrogen and oxygen atoms in total. The lowest BCUT2D eigenvalue weighted by Gasteiger charge is -2.05. The van der Waals surface area contributed by atoms with Gasteiger partial charge in [-0.2, -0.15) is 9.55 Å². The lowest BCUT2D eigenvalue weighted by molar-refractivity contribution is 0.773. The molecule has 0 spiro atoms. The lowest BCUT2D eigenvalue weighted by Crippen LogP contribution is -2.38. The summed E-state index contributed by atoms with van der Waals surface area (Å²) in [5.41, 5.74) is -0.0636. The minimum Gasteiger partial charge on any atom is -0.252 e. The molecular weight excluding hydrogens is 244 g/mol. The van der Waals surface area contributed by atoms with Crippen LogP contribution in [0.25, 0.3) is 11.5 Å². The van der Waals surface area contributed by atoms with Crippen molar-refractivity contribution in [3.8, 4) is 5.82 Å². The van der Waals surface area contributed by atoms with E-state index < -0.39 is 11.4 Å². The van der Waals surface area contributed by atoms with Gasteiger partial charge >= 0.3 is 11.4 Å². The zero-order valence-electron chi connectivity index (χ0n) is 10.1. The Balaban J connectivity index is 2.42. The number of aromatic nitrogens is 4. The monoisotopic (exact) mass is 254 g/mol. The number of pyridine rings is 2. The molecule has 0 aliphatic carbocycles. The van der Waals surface area contributed by atoms with Gasteiger partial charge in [0.2, 0.25) is 0 Å². The van der Waals surface area contributed by atoms with Crippen LogP contribution < -0.4 is 11.4 Å². The second-order valence-corrected chi connectivity index (χ2v) is 4.08. The molecule has 0 unspecified atom stereocenters. The highest BCUT2D eigenvalue weighted by Gasteiger charge is 2.10. The third-order valence-electron chi connectivity index (χ3n) is 2.74. The first-order valence-corrected chi connectivity index (χ1v) is 5.71. The SMILES string of the molecule is Cc1cccc(-n2c(=O)nc3ccccn3c2=O)n1. The van der Waals surface area contributed by atoms with Gasteiger partial charge in [0.25, 0.3) is 0 Å². The second-order valence-electron chi connectivity index (χ2n) is 4.08. The molecule has 94 valence electrons. The topological polar surface area (TPSA) is 69.3 Å². The van der Waals surface area contributed by atoms with Crippen LogP contribution in [0.2, 0.25) is 0 Å². The summed E-state index contributed by atoms with van der Waals surface area (Å²) in [5.74, 6) is 0.278. The fraction of sp³-hybridized carbons (Fsp3) is 0.0769. The van der Waals surface area contributed by atoms with E-state index >= 15 is 0 Å². The van der Waals surface area contributed by atoms with Crippen LogP contribution >= 0.6 is 0 Å². The third-order valence-corrected chi connectivity index (χ3v) is 2.74. The number of nitrogens with zero attached hydrogens (tertiary/aromatic N) is 4. The van der Waals surface area contributed by atoms with E-state index in [4.69, 9.17) is 0 Å². The molecule has 0 saturated heterocycles. The Morgan fingerprint density at radius 3 is 2.63 bits per heavy atom. The van der Waals surface area contributed by atoms with Crippen LogP contribution in [-0.2, 0) is 0 Å². The highest BCUT2D eigenvalue weighted by atomic mass is 16.2. The maximum atomic E-state index is 12.3. The molecule has 19 heavy (non-hydrogen) atoms. The minimum absolute atomic E-state index is 0.278. The molecule has 3 aromatic rings. The summed E-state index contributed by atoms with van der Waals surface area (Å²) in [4.78, 5) is 32.3. The van der Waals surface area contributed by atoms with Gasteiger partial charge in [-0.05, 0) is 31.2 Å². The van der Waals surface area contributed by atoms with Gasteiger partial charge in [-0.1, -0.05) is 12.1 Å². The maximum absolute atomic E-state index is 12.3. The quantitative estimate of drug-likeness (QED) is 0.636. The predicted octanol–water partition coefficient (Wildman–Crippen LogP) is 0.549. The summed E-state index contributed by atoms with van der Waals surface area (Å²) in [6.07, 6.45) is 1.57. The Morgan fingerprint density at radius 1 is 1.00 bits per heavy atom. The van der Waals surface area contributed by atoms with Gasteiger partial charge in [0, 0.05) is 11.9 Å². The van der Waals surface area contributed by atoms with Crippen molar-refractivity contribution in [2.24, 2.45) is 0 Å². The van der Waals surface area contributed by atoms with Crippen LogP contribution in [0.1, 0.15) is 5.69 Å². The first-order valence-electron chi connectivity index (χ1n) is 5.71. The van der Waals surface area contributed by atoms with Crippen molar-refractivity contribution >= 4 is 5.65 Å². The summed E-state index contributed by atoms with van der Waals surface area (Å²) in [6.45, 7) is 1.79. The van der Waals surface area contributed by atoms with Crippen LogP contribution in [0.3, 0.4) is 0 Å². The third kappa shape index (κ3) is 1.83. The number of hydrogen-bond acceptors (Lipinski definition) is 4. The Labute approximate surface area is 107 Å². The van der Waals surface area contributed by atoms with E-state index in [9.17, 15) is 9.59 Å². The van der Waals surface area contributed by atoms with Crippen molar-refractivity contribution in [2.75, 3.05) is 0 Å². The summed E-state index contributed by atoms with van der Waals surface area (Å²) < 4.78 is 2.27. The molecule has 0 aromatic carbocycles. The van der Waals surface area contributed by atoms with E-state index in [1.807, 2.05) is 0 Å². The fourth-order valence-electron chi connectivity index (χ4n) is 1.87. The molecule has 0 atom stereocenters. The van der Waals surface area contributed by atoms with Crippen molar-refractivity contribution in [3.05, 3.63) is 69.3 Å². The summed E-state index contributed by atoms with van der Waals surface area (Å²) in [6, 6.07) is 10.2. The van der Waals surface area contributed by atoms with Crippen molar-refractivity contribution < 1.29 is 0 Å². The van der Waals surface area contributed by atoms with Gasteiger partial charge in [-0.15, -0.1) is 0 Å². The van der Waals surface area contributed by atoms with Crippen molar-refractivity contribution in [3.63, 3.8) is 0 Å². The molecule has 0 radical (unpaired) electrons. The Morgan fingerprint density at radius 2 is 1.84 bits per heavy atom. The van der Waals surface area contributed by atoms with Gasteiger partial charge in [0.1, 0.15) is 11.5 Å². The standard InChI is InChI=1S/C13H10N4O2/c1-9-5-4-7-11(14-9)17-12(18)15-10-6-2-3-8-16(10)13(17)19/h2-8H,1H3. The Hall–Kier alpha value is -2.76. The number of fused-ring (bicyclic) bond motifs is 1. The van der Waals surface area contributed by atoms with Gasteiger partial charge in [0.05, 0.1) is 0 Å². The molecule has 0 fully saturated rings. The Kier molecular flexibility index (Phi) is 2.49. The minimum atomic E-state index is -0.630. The smallest absolute Gasteiger partial charge is 0.252 e. The van der Waals surface area contributed by atoms with Gasteiger partial charge < -0.3 is 0 Å². The van der Waals surface area contributed by atoms with E-state index in [-0.39, 0.29) is 5.82 Å². The molecule has 0 N–H and O–H groups in total. The molecule has 0 bridgehead atoms. The first kappa shape index (κ1) is 11.3. The average Bonchev–Trinajstić information content (AvgIpc) is 2.39. The lowest BCUT2D eigenvalue weighted by atomic mass is 10.4. The molecular formula is C13H10N4O2. The number of hydrogen-bond donors (Lipinski definition) is 0. The number of rotatable bonds is 1. The van der Waals surface area contributed by atoms with E-state index in [1.165, 1.54) is 4.40 Å². The molecule has 0 saturated carbocycles. The van der Waals surface area contributed by atoms with Gasteiger partial charge in [-0.3, -0.25) is 4.40 Å². The van der Waals surface area contributed by atoms with E-state index in [0.717, 1.165) is 10.3 Å². The zero-order valence-corrected chi connectivity index (χ0v) is 10.1. The first-order chi connectivity index (χ1) is 9.16. The molecule has 0 amide bonds. The fourth-order valence-corrected chi connectivity index (χ4v) is 1.87. The van der Waals surface area contributed by atoms with Crippen LogP contribution in [0.5, 0.6) is 0 Å². The van der Waals surface area contributed by atoms with E-state index in [2.05, 4.69) is 9.97 Å². The molecule has 3 heterocycles. The summed E-state index contributed by atoms with van der Waals surface area (Å²) in [5, 5.41) is 0. The summed E-state index contributed by atoms with van der Waals surface area (Å²) >= 11 is 0. The molecule has 6 heteroatoms. The van der Waals surface area contributed by atoms with Gasteiger partial charge in [-0.25, -0.2) is 14.6 Å². The maximum Gasteiger partial charge on any atom is 0.359 e. The molecule has 3 aromatic heterocycles. The van der Waals surface area contributed by atoms with Crippen molar-refractivity contribution in [1.82, 2.24) is 18.9 Å². The highest BCUT2D eigenvalue weighted by molar-refractivity contribution is 5.36. The number of aryl methyl sites for hydroxylation is 1. The van der Waals surface area contributed by atoms with Crippen molar-refractivity contribution in [2.45, 2.75) is 6.92 Å². The molecule has 3 rings (SSSR count). The largest absolute Gasteiger partial charge is 0.359 e. The normalized spacial score (nSPS) is 10.8. The predicted molar refractivity (Wildman–Crippen MR) is 69.6 cm³/mol. The van der Waals surface area contributed by atoms with Gasteiger partial charge in [0.15, 0.2) is 0 Å². The molecule has 0 aliphatic rings. The van der Waals surface area contributed by atoms with E-state index in [1.54, 1.807) is 49.5 Å². The van der Waals surface area contributed by atoms with Crippen LogP contribution in [-0.4, -0.2) is 18.9 Å². The summed E-state index contributed by atoms with van der Waals surface area (Å²) in [7, 11) is 0. The van der Waals surface area contributed by atoms with Crippen LogP contribution in [0.4, 0.5) is 0 Å². The van der Waals surface area contributed by atoms with Crippen LogP contribution in [0, 0.1) is 6.92 Å². The van der Waals surface area contributed by atoms with E-state index in [0.29, 0.717) is 5.65 Å².